The summed E-state index contributed by atoms with van der Waals surface area (Å²) in [4.78, 5) is 7.55. The number of imidazole rings is 1. The fourth-order valence-corrected chi connectivity index (χ4v) is 2.01. The molecule has 2 aromatic rings. The van der Waals surface area contributed by atoms with Crippen LogP contribution >= 0.6 is 11.6 Å². The Morgan fingerprint density at radius 1 is 1.32 bits per heavy atom. The quantitative estimate of drug-likeness (QED) is 0.706. The van der Waals surface area contributed by atoms with Crippen LogP contribution in [0, 0.1) is 0 Å². The van der Waals surface area contributed by atoms with Crippen molar-refractivity contribution in [2.75, 3.05) is 5.32 Å². The van der Waals surface area contributed by atoms with Gasteiger partial charge in [0, 0.05) is 12.1 Å². The first-order valence-corrected chi connectivity index (χ1v) is 6.83. The van der Waals surface area contributed by atoms with Crippen LogP contribution < -0.4 is 5.32 Å². The highest BCUT2D eigenvalue weighted by Crippen LogP contribution is 2.18. The third kappa shape index (κ3) is 3.89. The molecule has 0 aliphatic heterocycles. The maximum atomic E-state index is 9.21. The zero-order valence-corrected chi connectivity index (χ0v) is 11.7. The Bertz CT molecular complexity index is 522. The second-order valence-electron chi connectivity index (χ2n) is 4.46. The van der Waals surface area contributed by atoms with E-state index in [9.17, 15) is 5.11 Å². The Balaban J connectivity index is 1.95. The van der Waals surface area contributed by atoms with Crippen LogP contribution in [0.5, 0.6) is 5.75 Å². The van der Waals surface area contributed by atoms with Crippen LogP contribution in [0.25, 0.3) is 0 Å². The number of rotatable bonds is 6. The standard InChI is InChI=1S/C14H18ClN3O/c1-2-3-4-13-17-12(14(15)18-13)9-16-10-5-7-11(19)8-6-10/h5-8,16,19H,2-4,9H2,1H3,(H,17,18). The van der Waals surface area contributed by atoms with Crippen LogP contribution in [0.15, 0.2) is 24.3 Å². The lowest BCUT2D eigenvalue weighted by Crippen LogP contribution is -2.00. The minimum atomic E-state index is 0.256. The van der Waals surface area contributed by atoms with E-state index in [-0.39, 0.29) is 5.75 Å². The molecule has 19 heavy (non-hydrogen) atoms. The summed E-state index contributed by atoms with van der Waals surface area (Å²) in [6.45, 7) is 2.74. The lowest BCUT2D eigenvalue weighted by molar-refractivity contribution is 0.475. The molecule has 0 fully saturated rings. The highest BCUT2D eigenvalue weighted by atomic mass is 35.5. The van der Waals surface area contributed by atoms with Gasteiger partial charge in [0.15, 0.2) is 5.15 Å². The number of nitrogens with one attached hydrogen (secondary N) is 2. The molecule has 0 atom stereocenters. The normalized spacial score (nSPS) is 10.6. The molecule has 0 aliphatic carbocycles. The second kappa shape index (κ2) is 6.48. The van der Waals surface area contributed by atoms with Gasteiger partial charge in [0.25, 0.3) is 0 Å². The highest BCUT2D eigenvalue weighted by molar-refractivity contribution is 6.30. The summed E-state index contributed by atoms with van der Waals surface area (Å²) in [5.41, 5.74) is 1.82. The third-order valence-electron chi connectivity index (χ3n) is 2.88. The van der Waals surface area contributed by atoms with E-state index in [1.54, 1.807) is 12.1 Å². The van der Waals surface area contributed by atoms with Crippen molar-refractivity contribution in [3.63, 3.8) is 0 Å². The predicted octanol–water partition coefficient (Wildman–Crippen LogP) is 3.72. The number of benzene rings is 1. The Morgan fingerprint density at radius 3 is 2.74 bits per heavy atom. The van der Waals surface area contributed by atoms with Gasteiger partial charge in [-0.25, -0.2) is 4.98 Å². The van der Waals surface area contributed by atoms with E-state index in [1.165, 1.54) is 0 Å². The zero-order valence-electron chi connectivity index (χ0n) is 10.9. The van der Waals surface area contributed by atoms with E-state index in [0.717, 1.165) is 36.5 Å². The number of nitrogens with zero attached hydrogens (tertiary/aromatic N) is 1. The fourth-order valence-electron chi connectivity index (χ4n) is 1.79. The molecule has 0 radical (unpaired) electrons. The monoisotopic (exact) mass is 279 g/mol. The van der Waals surface area contributed by atoms with Crippen molar-refractivity contribution in [1.82, 2.24) is 9.97 Å². The summed E-state index contributed by atoms with van der Waals surface area (Å²) in [5.74, 6) is 1.20. The molecule has 5 heteroatoms. The summed E-state index contributed by atoms with van der Waals surface area (Å²) < 4.78 is 0. The first-order chi connectivity index (χ1) is 9.19. The molecule has 0 bridgehead atoms. The number of hydrogen-bond acceptors (Lipinski definition) is 3. The van der Waals surface area contributed by atoms with Crippen LogP contribution in [0.4, 0.5) is 5.69 Å². The van der Waals surface area contributed by atoms with Crippen LogP contribution in [0.3, 0.4) is 0 Å². The van der Waals surface area contributed by atoms with Gasteiger partial charge in [0.05, 0.1) is 12.2 Å². The number of aryl methyl sites for hydroxylation is 1. The van der Waals surface area contributed by atoms with Crippen molar-refractivity contribution in [2.24, 2.45) is 0 Å². The number of anilines is 1. The Hall–Kier alpha value is -1.68. The Labute approximate surface area is 117 Å². The van der Waals surface area contributed by atoms with Gasteiger partial charge in [0.1, 0.15) is 11.6 Å². The molecule has 1 aromatic heterocycles. The van der Waals surface area contributed by atoms with Gasteiger partial charge in [-0.15, -0.1) is 0 Å². The van der Waals surface area contributed by atoms with Crippen LogP contribution in [-0.2, 0) is 13.0 Å². The van der Waals surface area contributed by atoms with Crippen LogP contribution in [0.1, 0.15) is 31.3 Å². The van der Waals surface area contributed by atoms with E-state index in [0.29, 0.717) is 11.7 Å². The number of hydrogen-bond donors (Lipinski definition) is 3. The summed E-state index contributed by atoms with van der Waals surface area (Å²) >= 11 is 6.09. The number of aromatic amines is 1. The number of phenolic OH excluding ortho intramolecular Hbond substituents is 1. The minimum Gasteiger partial charge on any atom is -0.508 e. The molecule has 2 rings (SSSR count). The van der Waals surface area contributed by atoms with E-state index in [1.807, 2.05) is 12.1 Å². The van der Waals surface area contributed by atoms with Gasteiger partial charge >= 0.3 is 0 Å². The van der Waals surface area contributed by atoms with Gasteiger partial charge in [-0.05, 0) is 30.7 Å². The maximum absolute atomic E-state index is 9.21. The van der Waals surface area contributed by atoms with Crippen LogP contribution in [-0.4, -0.2) is 15.1 Å². The lowest BCUT2D eigenvalue weighted by atomic mass is 10.2. The average Bonchev–Trinajstić information content (AvgIpc) is 2.76. The SMILES string of the molecule is CCCCc1nc(Cl)c(CNc2ccc(O)cc2)[nH]1. The molecule has 0 spiro atoms. The lowest BCUT2D eigenvalue weighted by Gasteiger charge is -2.05. The molecular weight excluding hydrogens is 262 g/mol. The number of unbranched alkanes of at least 4 members (excludes halogenated alkanes) is 1. The van der Waals surface area contributed by atoms with Gasteiger partial charge < -0.3 is 15.4 Å². The third-order valence-corrected chi connectivity index (χ3v) is 3.19. The first-order valence-electron chi connectivity index (χ1n) is 6.45. The van der Waals surface area contributed by atoms with Crippen molar-refractivity contribution in [2.45, 2.75) is 32.7 Å². The largest absolute Gasteiger partial charge is 0.508 e. The van der Waals surface area contributed by atoms with Crippen molar-refractivity contribution >= 4 is 17.3 Å². The summed E-state index contributed by atoms with van der Waals surface area (Å²) in [7, 11) is 0. The fraction of sp³-hybridized carbons (Fsp3) is 0.357. The Morgan fingerprint density at radius 2 is 2.05 bits per heavy atom. The minimum absolute atomic E-state index is 0.256. The number of aromatic hydroxyl groups is 1. The number of H-pyrrole nitrogens is 1. The van der Waals surface area contributed by atoms with Gasteiger partial charge in [0.2, 0.25) is 0 Å². The molecular formula is C14H18ClN3O. The summed E-state index contributed by atoms with van der Waals surface area (Å²) in [6.07, 6.45) is 3.17. The van der Waals surface area contributed by atoms with Gasteiger partial charge in [-0.2, -0.15) is 0 Å². The molecule has 102 valence electrons. The molecule has 0 aliphatic rings. The van der Waals surface area contributed by atoms with Gasteiger partial charge in [-0.3, -0.25) is 0 Å². The van der Waals surface area contributed by atoms with E-state index in [2.05, 4.69) is 22.2 Å². The molecule has 4 nitrogen and oxygen atoms in total. The molecule has 0 amide bonds. The average molecular weight is 280 g/mol. The zero-order chi connectivity index (χ0) is 13.7. The van der Waals surface area contributed by atoms with Crippen molar-refractivity contribution in [3.05, 3.63) is 40.9 Å². The van der Waals surface area contributed by atoms with Crippen LogP contribution in [0.2, 0.25) is 5.15 Å². The number of phenols is 1. The predicted molar refractivity (Wildman–Crippen MR) is 77.6 cm³/mol. The van der Waals surface area contributed by atoms with Gasteiger partial charge in [-0.1, -0.05) is 24.9 Å². The summed E-state index contributed by atoms with van der Waals surface area (Å²) in [6, 6.07) is 6.92. The molecule has 1 aromatic carbocycles. The Kier molecular flexibility index (Phi) is 4.68. The molecule has 1 heterocycles. The van der Waals surface area contributed by atoms with E-state index >= 15 is 0 Å². The number of halogens is 1. The van der Waals surface area contributed by atoms with E-state index in [4.69, 9.17) is 11.6 Å². The number of aromatic nitrogens is 2. The first kappa shape index (κ1) is 13.7. The molecule has 0 unspecified atom stereocenters. The topological polar surface area (TPSA) is 60.9 Å². The second-order valence-corrected chi connectivity index (χ2v) is 4.81. The summed E-state index contributed by atoms with van der Waals surface area (Å²) in [5, 5.41) is 13.0. The smallest absolute Gasteiger partial charge is 0.152 e. The molecule has 3 N–H and O–H groups in total. The van der Waals surface area contributed by atoms with E-state index < -0.39 is 0 Å². The van der Waals surface area contributed by atoms with Crippen molar-refractivity contribution < 1.29 is 5.11 Å². The van der Waals surface area contributed by atoms with Crippen molar-refractivity contribution in [3.8, 4) is 5.75 Å². The maximum Gasteiger partial charge on any atom is 0.152 e. The molecule has 0 saturated heterocycles. The molecule has 0 saturated carbocycles. The highest BCUT2D eigenvalue weighted by Gasteiger charge is 2.07. The van der Waals surface area contributed by atoms with Crippen molar-refractivity contribution in [1.29, 1.82) is 0 Å².